The Hall–Kier alpha value is -2.18. The van der Waals surface area contributed by atoms with E-state index in [9.17, 15) is 4.79 Å². The third-order valence-electron chi connectivity index (χ3n) is 6.88. The molecule has 2 fully saturated rings. The van der Waals surface area contributed by atoms with Gasteiger partial charge in [0.1, 0.15) is 11.3 Å². The zero-order valence-electron chi connectivity index (χ0n) is 18.1. The maximum absolute atomic E-state index is 13.0. The van der Waals surface area contributed by atoms with E-state index in [0.717, 1.165) is 56.2 Å². The van der Waals surface area contributed by atoms with Gasteiger partial charge in [-0.15, -0.1) is 5.10 Å². The number of hydrogen-bond donors (Lipinski definition) is 0. The molecule has 2 aliphatic heterocycles. The molecule has 3 heterocycles. The summed E-state index contributed by atoms with van der Waals surface area (Å²) in [4.78, 5) is 23.0. The predicted molar refractivity (Wildman–Crippen MR) is 113 cm³/mol. The average molecular weight is 400 g/mol. The van der Waals surface area contributed by atoms with Gasteiger partial charge in [0.05, 0.1) is 5.69 Å². The molecule has 0 unspecified atom stereocenters. The van der Waals surface area contributed by atoms with Gasteiger partial charge in [0.25, 0.3) is 5.91 Å². The second kappa shape index (κ2) is 7.58. The molecule has 0 atom stereocenters. The summed E-state index contributed by atoms with van der Waals surface area (Å²) in [6, 6.07) is 3.96. The van der Waals surface area contributed by atoms with E-state index in [0.29, 0.717) is 30.6 Å². The molecule has 7 heteroatoms. The fraction of sp³-hybridized carbons (Fsp3) is 0.727. The Kier molecular flexibility index (Phi) is 5.25. The lowest BCUT2D eigenvalue weighted by atomic mass is 9.67. The number of oxime groups is 1. The minimum absolute atomic E-state index is 0.0365. The molecule has 1 aliphatic carbocycles. The Morgan fingerprint density at radius 2 is 1.79 bits per heavy atom. The quantitative estimate of drug-likeness (QED) is 0.764. The van der Waals surface area contributed by atoms with E-state index in [1.165, 1.54) is 0 Å². The van der Waals surface area contributed by atoms with E-state index in [-0.39, 0.29) is 11.5 Å². The fourth-order valence-corrected chi connectivity index (χ4v) is 4.80. The summed E-state index contributed by atoms with van der Waals surface area (Å²) in [7, 11) is 0. The van der Waals surface area contributed by atoms with Gasteiger partial charge in [-0.2, -0.15) is 5.10 Å². The van der Waals surface area contributed by atoms with E-state index >= 15 is 0 Å². The summed E-state index contributed by atoms with van der Waals surface area (Å²) in [5.41, 5.74) is 1.60. The molecule has 1 saturated carbocycles. The van der Waals surface area contributed by atoms with Gasteiger partial charge in [-0.3, -0.25) is 4.79 Å². The summed E-state index contributed by atoms with van der Waals surface area (Å²) in [5.74, 6) is 1.63. The highest BCUT2D eigenvalue weighted by atomic mass is 16.7. The molecule has 1 spiro atoms. The summed E-state index contributed by atoms with van der Waals surface area (Å²) in [6.45, 7) is 11.8. The number of nitrogens with zero attached hydrogens (tertiary/aromatic N) is 5. The SMILES string of the molecule is Cc1ccc(N2CCN(C(=O)C3=NOC4(CCC(C(C)(C)C)CC4)C3)CC2)nn1. The van der Waals surface area contributed by atoms with Crippen molar-refractivity contribution < 1.29 is 9.63 Å². The first kappa shape index (κ1) is 20.1. The van der Waals surface area contributed by atoms with Gasteiger partial charge >= 0.3 is 0 Å². The smallest absolute Gasteiger partial charge is 0.271 e. The number of aromatic nitrogens is 2. The Balaban J connectivity index is 1.30. The first-order valence-corrected chi connectivity index (χ1v) is 10.9. The van der Waals surface area contributed by atoms with Crippen molar-refractivity contribution in [2.45, 2.75) is 65.4 Å². The van der Waals surface area contributed by atoms with Crippen LogP contribution in [0.15, 0.2) is 17.3 Å². The number of carbonyl (C=O) groups is 1. The van der Waals surface area contributed by atoms with E-state index in [1.54, 1.807) is 0 Å². The highest BCUT2D eigenvalue weighted by molar-refractivity contribution is 6.39. The molecular weight excluding hydrogens is 366 g/mol. The van der Waals surface area contributed by atoms with Gasteiger partial charge in [-0.1, -0.05) is 25.9 Å². The zero-order valence-corrected chi connectivity index (χ0v) is 18.1. The standard InChI is InChI=1S/C22H33N5O2/c1-16-5-6-19(24-23-16)26-11-13-27(14-12-26)20(28)18-15-22(29-25-18)9-7-17(8-10-22)21(2,3)4/h5-6,17H,7-15H2,1-4H3. The highest BCUT2D eigenvalue weighted by Crippen LogP contribution is 2.46. The molecule has 3 aliphatic rings. The van der Waals surface area contributed by atoms with Crippen molar-refractivity contribution in [1.29, 1.82) is 0 Å². The summed E-state index contributed by atoms with van der Waals surface area (Å²) < 4.78 is 0. The van der Waals surface area contributed by atoms with Crippen LogP contribution in [0, 0.1) is 18.3 Å². The molecule has 7 nitrogen and oxygen atoms in total. The van der Waals surface area contributed by atoms with Crippen LogP contribution >= 0.6 is 0 Å². The van der Waals surface area contributed by atoms with Crippen LogP contribution in [0.4, 0.5) is 5.82 Å². The lowest BCUT2D eigenvalue weighted by molar-refractivity contribution is -0.124. The van der Waals surface area contributed by atoms with E-state index in [4.69, 9.17) is 4.84 Å². The number of anilines is 1. The van der Waals surface area contributed by atoms with Crippen LogP contribution in [0.25, 0.3) is 0 Å². The first-order valence-electron chi connectivity index (χ1n) is 10.9. The minimum atomic E-state index is -0.244. The van der Waals surface area contributed by atoms with Crippen LogP contribution < -0.4 is 4.90 Å². The molecule has 0 N–H and O–H groups in total. The van der Waals surface area contributed by atoms with Crippen LogP contribution in [0.1, 0.15) is 58.6 Å². The van der Waals surface area contributed by atoms with Gasteiger partial charge in [0.2, 0.25) is 0 Å². The van der Waals surface area contributed by atoms with Crippen LogP contribution in [0.2, 0.25) is 0 Å². The molecule has 1 saturated heterocycles. The zero-order chi connectivity index (χ0) is 20.6. The Bertz CT molecular complexity index is 767. The van der Waals surface area contributed by atoms with Crippen molar-refractivity contribution in [2.24, 2.45) is 16.5 Å². The molecule has 0 aromatic carbocycles. The van der Waals surface area contributed by atoms with Gasteiger partial charge < -0.3 is 14.6 Å². The lowest BCUT2D eigenvalue weighted by Crippen LogP contribution is -2.51. The number of aryl methyl sites for hydroxylation is 1. The van der Waals surface area contributed by atoms with E-state index in [2.05, 4.69) is 41.0 Å². The molecule has 0 radical (unpaired) electrons. The van der Waals surface area contributed by atoms with Crippen LogP contribution in [-0.2, 0) is 9.63 Å². The van der Waals surface area contributed by atoms with Crippen molar-refractivity contribution in [3.05, 3.63) is 17.8 Å². The third-order valence-corrected chi connectivity index (χ3v) is 6.88. The number of rotatable bonds is 2. The lowest BCUT2D eigenvalue weighted by Gasteiger charge is -2.40. The van der Waals surface area contributed by atoms with E-state index < -0.39 is 0 Å². The Morgan fingerprint density at radius 3 is 2.38 bits per heavy atom. The number of hydrogen-bond acceptors (Lipinski definition) is 6. The fourth-order valence-electron chi connectivity index (χ4n) is 4.80. The maximum Gasteiger partial charge on any atom is 0.271 e. The van der Waals surface area contributed by atoms with Crippen molar-refractivity contribution in [3.8, 4) is 0 Å². The molecular formula is C22H33N5O2. The molecule has 1 aromatic rings. The maximum atomic E-state index is 13.0. The summed E-state index contributed by atoms with van der Waals surface area (Å²) in [5, 5.41) is 12.6. The molecule has 0 bridgehead atoms. The van der Waals surface area contributed by atoms with Crippen molar-refractivity contribution in [2.75, 3.05) is 31.1 Å². The monoisotopic (exact) mass is 399 g/mol. The molecule has 4 rings (SSSR count). The second-order valence-corrected chi connectivity index (χ2v) is 9.94. The van der Waals surface area contributed by atoms with Gasteiger partial charge in [-0.25, -0.2) is 0 Å². The minimum Gasteiger partial charge on any atom is -0.388 e. The molecule has 1 aromatic heterocycles. The first-order chi connectivity index (χ1) is 13.8. The normalized spacial score (nSPS) is 27.7. The topological polar surface area (TPSA) is 70.9 Å². The highest BCUT2D eigenvalue weighted by Gasteiger charge is 2.46. The predicted octanol–water partition coefficient (Wildman–Crippen LogP) is 3.19. The van der Waals surface area contributed by atoms with Crippen LogP contribution in [0.5, 0.6) is 0 Å². The molecule has 1 amide bonds. The van der Waals surface area contributed by atoms with Crippen molar-refractivity contribution in [1.82, 2.24) is 15.1 Å². The number of carbonyl (C=O) groups excluding carboxylic acids is 1. The van der Waals surface area contributed by atoms with E-state index in [1.807, 2.05) is 24.0 Å². The van der Waals surface area contributed by atoms with Crippen LogP contribution in [0.3, 0.4) is 0 Å². The Morgan fingerprint density at radius 1 is 1.10 bits per heavy atom. The largest absolute Gasteiger partial charge is 0.388 e. The van der Waals surface area contributed by atoms with Gasteiger partial charge in [-0.05, 0) is 56.1 Å². The van der Waals surface area contributed by atoms with Crippen molar-refractivity contribution in [3.63, 3.8) is 0 Å². The van der Waals surface area contributed by atoms with Crippen LogP contribution in [-0.4, -0.2) is 58.5 Å². The Labute approximate surface area is 173 Å². The number of amides is 1. The average Bonchev–Trinajstić information content (AvgIpc) is 3.11. The second-order valence-electron chi connectivity index (χ2n) is 9.94. The third kappa shape index (κ3) is 4.23. The van der Waals surface area contributed by atoms with Gasteiger partial charge in [0, 0.05) is 32.6 Å². The molecule has 158 valence electrons. The summed E-state index contributed by atoms with van der Waals surface area (Å²) >= 11 is 0. The van der Waals surface area contributed by atoms with Gasteiger partial charge in [0.15, 0.2) is 5.82 Å². The van der Waals surface area contributed by atoms with Crippen molar-refractivity contribution >= 4 is 17.4 Å². The molecule has 29 heavy (non-hydrogen) atoms. The number of piperazine rings is 1. The summed E-state index contributed by atoms with van der Waals surface area (Å²) in [6.07, 6.45) is 4.95.